The number of nitrogens with one attached hydrogen (secondary N) is 1. The van der Waals surface area contributed by atoms with Crippen molar-refractivity contribution in [2.24, 2.45) is 7.05 Å². The molecule has 0 bridgehead atoms. The third kappa shape index (κ3) is 5.15. The number of aryl methyl sites for hydroxylation is 1. The first-order chi connectivity index (χ1) is 13.9. The number of aromatic nitrogens is 2. The van der Waals surface area contributed by atoms with Gasteiger partial charge in [0.15, 0.2) is 6.61 Å². The van der Waals surface area contributed by atoms with Crippen LogP contribution in [0.4, 0.5) is 0 Å². The highest BCUT2D eigenvalue weighted by molar-refractivity contribution is 6.43. The molecule has 2 aromatic carbocycles. The van der Waals surface area contributed by atoms with Crippen LogP contribution in [0, 0.1) is 0 Å². The molecule has 0 saturated carbocycles. The lowest BCUT2D eigenvalue weighted by atomic mass is 10.1. The molecule has 0 radical (unpaired) electrons. The van der Waals surface area contributed by atoms with Crippen LogP contribution < -0.4 is 14.8 Å². The van der Waals surface area contributed by atoms with Crippen LogP contribution >= 0.6 is 34.8 Å². The maximum Gasteiger partial charge on any atom is 0.258 e. The van der Waals surface area contributed by atoms with E-state index in [1.54, 1.807) is 19.5 Å². The number of carbonyl (C=O) groups excluding carboxylic acids is 1. The second kappa shape index (κ2) is 9.39. The third-order valence-electron chi connectivity index (χ3n) is 4.18. The molecule has 152 valence electrons. The Morgan fingerprint density at radius 2 is 1.93 bits per heavy atom. The standard InChI is InChI=1S/C20H18Cl3N3O3/c1-26-7-6-24-20(26)19(12-4-3-5-13(8-12)28-2)25-18(27)11-29-17-10-15(22)14(21)9-16(17)23/h3-10,19H,11H2,1-2H3,(H,25,27). The van der Waals surface area contributed by atoms with Crippen LogP contribution in [0.25, 0.3) is 0 Å². The molecule has 0 aliphatic rings. The normalized spacial score (nSPS) is 11.8. The predicted molar refractivity (Wildman–Crippen MR) is 113 cm³/mol. The van der Waals surface area contributed by atoms with Gasteiger partial charge in [0.1, 0.15) is 23.4 Å². The Balaban J connectivity index is 1.78. The molecule has 3 rings (SSSR count). The van der Waals surface area contributed by atoms with Gasteiger partial charge in [0, 0.05) is 25.5 Å². The number of hydrogen-bond donors (Lipinski definition) is 1. The zero-order valence-electron chi connectivity index (χ0n) is 15.7. The van der Waals surface area contributed by atoms with E-state index in [-0.39, 0.29) is 28.3 Å². The maximum absolute atomic E-state index is 12.6. The Hall–Kier alpha value is -2.41. The van der Waals surface area contributed by atoms with E-state index in [1.807, 2.05) is 35.9 Å². The van der Waals surface area contributed by atoms with Gasteiger partial charge in [-0.2, -0.15) is 0 Å². The molecule has 6 nitrogen and oxygen atoms in total. The summed E-state index contributed by atoms with van der Waals surface area (Å²) in [6, 6.07) is 9.85. The molecule has 1 heterocycles. The minimum atomic E-state index is -0.495. The monoisotopic (exact) mass is 453 g/mol. The lowest BCUT2D eigenvalue weighted by molar-refractivity contribution is -0.123. The van der Waals surface area contributed by atoms with Gasteiger partial charge in [0.05, 0.1) is 22.2 Å². The minimum absolute atomic E-state index is 0.261. The van der Waals surface area contributed by atoms with E-state index in [4.69, 9.17) is 44.3 Å². The smallest absolute Gasteiger partial charge is 0.258 e. The minimum Gasteiger partial charge on any atom is -0.497 e. The molecule has 1 atom stereocenters. The summed E-state index contributed by atoms with van der Waals surface area (Å²) in [6.45, 7) is -0.261. The van der Waals surface area contributed by atoms with Gasteiger partial charge in [-0.25, -0.2) is 4.98 Å². The largest absolute Gasteiger partial charge is 0.497 e. The summed E-state index contributed by atoms with van der Waals surface area (Å²) in [5, 5.41) is 3.80. The highest BCUT2D eigenvalue weighted by atomic mass is 35.5. The van der Waals surface area contributed by atoms with E-state index < -0.39 is 6.04 Å². The number of nitrogens with zero attached hydrogens (tertiary/aromatic N) is 2. The van der Waals surface area contributed by atoms with E-state index in [2.05, 4.69) is 10.3 Å². The molecule has 29 heavy (non-hydrogen) atoms. The molecule has 1 amide bonds. The van der Waals surface area contributed by atoms with Crippen LogP contribution in [0.1, 0.15) is 17.4 Å². The molecule has 3 aromatic rings. The summed E-state index contributed by atoms with van der Waals surface area (Å²) in [5.41, 5.74) is 0.819. The zero-order valence-corrected chi connectivity index (χ0v) is 17.9. The number of rotatable bonds is 7. The number of halogens is 3. The number of methoxy groups -OCH3 is 1. The summed E-state index contributed by atoms with van der Waals surface area (Å²) in [5.74, 6) is 1.25. The Kier molecular flexibility index (Phi) is 6.90. The van der Waals surface area contributed by atoms with Crippen LogP contribution in [0.5, 0.6) is 11.5 Å². The number of carbonyl (C=O) groups is 1. The molecule has 9 heteroatoms. The Morgan fingerprint density at radius 1 is 1.17 bits per heavy atom. The summed E-state index contributed by atoms with van der Waals surface area (Å²) in [6.07, 6.45) is 3.47. The zero-order chi connectivity index (χ0) is 21.0. The van der Waals surface area contributed by atoms with Gasteiger partial charge < -0.3 is 19.4 Å². The molecule has 0 fully saturated rings. The fourth-order valence-corrected chi connectivity index (χ4v) is 3.33. The second-order valence-corrected chi connectivity index (χ2v) is 7.38. The number of amides is 1. The van der Waals surface area contributed by atoms with E-state index >= 15 is 0 Å². The van der Waals surface area contributed by atoms with Gasteiger partial charge in [-0.05, 0) is 23.8 Å². The van der Waals surface area contributed by atoms with Crippen LogP contribution in [0.2, 0.25) is 15.1 Å². The van der Waals surface area contributed by atoms with Gasteiger partial charge in [-0.3, -0.25) is 4.79 Å². The first-order valence-electron chi connectivity index (χ1n) is 8.57. The van der Waals surface area contributed by atoms with E-state index in [0.29, 0.717) is 16.6 Å². The Labute approximate surface area is 183 Å². The van der Waals surface area contributed by atoms with Crippen molar-refractivity contribution in [1.29, 1.82) is 0 Å². The molecular formula is C20H18Cl3N3O3. The van der Waals surface area contributed by atoms with Gasteiger partial charge in [0.25, 0.3) is 5.91 Å². The topological polar surface area (TPSA) is 65.4 Å². The van der Waals surface area contributed by atoms with Crippen molar-refractivity contribution < 1.29 is 14.3 Å². The summed E-state index contributed by atoms with van der Waals surface area (Å²) in [4.78, 5) is 17.0. The van der Waals surface area contributed by atoms with Crippen molar-refractivity contribution in [3.05, 3.63) is 75.2 Å². The number of ether oxygens (including phenoxy) is 2. The van der Waals surface area contributed by atoms with Crippen molar-refractivity contribution in [3.8, 4) is 11.5 Å². The SMILES string of the molecule is COc1cccc(C(NC(=O)COc2cc(Cl)c(Cl)cc2Cl)c2nccn2C)c1. The summed E-state index contributed by atoms with van der Waals surface area (Å²) >= 11 is 18.0. The summed E-state index contributed by atoms with van der Waals surface area (Å²) in [7, 11) is 3.44. The molecule has 1 N–H and O–H groups in total. The van der Waals surface area contributed by atoms with Crippen molar-refractivity contribution in [3.63, 3.8) is 0 Å². The molecule has 0 aliphatic carbocycles. The van der Waals surface area contributed by atoms with Crippen LogP contribution in [-0.4, -0.2) is 29.2 Å². The molecule has 1 aromatic heterocycles. The van der Waals surface area contributed by atoms with Crippen molar-refractivity contribution in [1.82, 2.24) is 14.9 Å². The van der Waals surface area contributed by atoms with E-state index in [1.165, 1.54) is 12.1 Å². The van der Waals surface area contributed by atoms with Crippen LogP contribution in [0.3, 0.4) is 0 Å². The lowest BCUT2D eigenvalue weighted by Crippen LogP contribution is -2.34. The highest BCUT2D eigenvalue weighted by Gasteiger charge is 2.22. The third-order valence-corrected chi connectivity index (χ3v) is 5.20. The molecule has 0 aliphatic heterocycles. The molecular weight excluding hydrogens is 437 g/mol. The van der Waals surface area contributed by atoms with Crippen LogP contribution in [0.15, 0.2) is 48.8 Å². The van der Waals surface area contributed by atoms with Gasteiger partial charge >= 0.3 is 0 Å². The first kappa shape index (κ1) is 21.3. The lowest BCUT2D eigenvalue weighted by Gasteiger charge is -2.20. The Morgan fingerprint density at radius 3 is 2.62 bits per heavy atom. The van der Waals surface area contributed by atoms with Gasteiger partial charge in [-0.1, -0.05) is 46.9 Å². The van der Waals surface area contributed by atoms with Gasteiger partial charge in [0.2, 0.25) is 0 Å². The average molecular weight is 455 g/mol. The molecule has 0 saturated heterocycles. The van der Waals surface area contributed by atoms with Gasteiger partial charge in [-0.15, -0.1) is 0 Å². The fourth-order valence-electron chi connectivity index (χ4n) is 2.73. The van der Waals surface area contributed by atoms with Crippen molar-refractivity contribution in [2.75, 3.05) is 13.7 Å². The fraction of sp³-hybridized carbons (Fsp3) is 0.200. The highest BCUT2D eigenvalue weighted by Crippen LogP contribution is 2.33. The molecule has 0 spiro atoms. The van der Waals surface area contributed by atoms with E-state index in [0.717, 1.165) is 5.56 Å². The van der Waals surface area contributed by atoms with Crippen molar-refractivity contribution in [2.45, 2.75) is 6.04 Å². The maximum atomic E-state index is 12.6. The van der Waals surface area contributed by atoms with Crippen LogP contribution in [-0.2, 0) is 11.8 Å². The first-order valence-corrected chi connectivity index (χ1v) is 9.70. The predicted octanol–water partition coefficient (Wildman–Crippen LogP) is 4.67. The quantitative estimate of drug-likeness (QED) is 0.527. The summed E-state index contributed by atoms with van der Waals surface area (Å²) < 4.78 is 12.7. The van der Waals surface area contributed by atoms with Crippen molar-refractivity contribution >= 4 is 40.7 Å². The number of hydrogen-bond acceptors (Lipinski definition) is 4. The second-order valence-electron chi connectivity index (χ2n) is 6.16. The Bertz CT molecular complexity index is 1020. The van der Waals surface area contributed by atoms with E-state index in [9.17, 15) is 4.79 Å². The number of benzene rings is 2. The number of imidazole rings is 1. The molecule has 1 unspecified atom stereocenters. The average Bonchev–Trinajstić information content (AvgIpc) is 3.13.